The average molecular weight is 355 g/mol. The molecule has 3 heterocycles. The van der Waals surface area contributed by atoms with Gasteiger partial charge in [0.05, 0.1) is 0 Å². The number of carbonyl (C=O) groups is 2. The van der Waals surface area contributed by atoms with Gasteiger partial charge in [0.25, 0.3) is 11.8 Å². The lowest BCUT2D eigenvalue weighted by atomic mass is 9.96. The number of aryl methyl sites for hydroxylation is 1. The summed E-state index contributed by atoms with van der Waals surface area (Å²) in [6.07, 6.45) is 5.36. The Bertz CT molecular complexity index is 816. The number of nitrogens with one attached hydrogen (secondary N) is 1. The molecule has 6 heteroatoms. The van der Waals surface area contributed by atoms with E-state index in [4.69, 9.17) is 0 Å². The summed E-state index contributed by atoms with van der Waals surface area (Å²) in [5.41, 5.74) is 1.16. The van der Waals surface area contributed by atoms with E-state index >= 15 is 0 Å². The zero-order valence-corrected chi connectivity index (χ0v) is 14.7. The number of rotatable bonds is 3. The first-order valence-corrected chi connectivity index (χ1v) is 9.03. The first-order chi connectivity index (χ1) is 12.5. The van der Waals surface area contributed by atoms with Gasteiger partial charge in [0, 0.05) is 36.9 Å². The molecule has 2 aliphatic rings. The number of amides is 2. The highest BCUT2D eigenvalue weighted by molar-refractivity contribution is 5.95. The molecule has 136 valence electrons. The Hall–Kier alpha value is -2.63. The fourth-order valence-corrected chi connectivity index (χ4v) is 4.31. The van der Waals surface area contributed by atoms with Crippen molar-refractivity contribution >= 4 is 11.8 Å². The third-order valence-electron chi connectivity index (χ3n) is 5.57. The van der Waals surface area contributed by atoms with Crippen molar-refractivity contribution in [3.8, 4) is 0 Å². The van der Waals surface area contributed by atoms with Gasteiger partial charge in [-0.05, 0) is 62.1 Å². The highest BCUT2D eigenvalue weighted by atomic mass is 19.1. The van der Waals surface area contributed by atoms with E-state index < -0.39 is 0 Å². The van der Waals surface area contributed by atoms with Crippen LogP contribution in [0.25, 0.3) is 0 Å². The molecule has 3 atom stereocenters. The van der Waals surface area contributed by atoms with Crippen LogP contribution in [0.15, 0.2) is 42.6 Å². The minimum Gasteiger partial charge on any atom is -0.349 e. The van der Waals surface area contributed by atoms with Crippen LogP contribution in [0, 0.1) is 5.82 Å². The maximum absolute atomic E-state index is 13.0. The summed E-state index contributed by atoms with van der Waals surface area (Å²) in [5, 5.41) is 3.06. The molecule has 2 aliphatic heterocycles. The Labute approximate surface area is 151 Å². The molecule has 0 radical (unpaired) electrons. The summed E-state index contributed by atoms with van der Waals surface area (Å²) in [7, 11) is 1.88. The summed E-state index contributed by atoms with van der Waals surface area (Å²) in [4.78, 5) is 27.3. The third-order valence-corrected chi connectivity index (χ3v) is 5.57. The van der Waals surface area contributed by atoms with E-state index in [1.807, 2.05) is 34.8 Å². The molecular formula is C20H22FN3O2. The molecule has 1 unspecified atom stereocenters. The average Bonchev–Trinajstić information content (AvgIpc) is 3.16. The van der Waals surface area contributed by atoms with Crippen LogP contribution in [0.2, 0.25) is 0 Å². The molecule has 2 saturated heterocycles. The van der Waals surface area contributed by atoms with Gasteiger partial charge in [0.15, 0.2) is 0 Å². The Morgan fingerprint density at radius 1 is 1.08 bits per heavy atom. The summed E-state index contributed by atoms with van der Waals surface area (Å²) >= 11 is 0. The van der Waals surface area contributed by atoms with Gasteiger partial charge >= 0.3 is 0 Å². The van der Waals surface area contributed by atoms with Crippen molar-refractivity contribution < 1.29 is 14.0 Å². The number of carbonyl (C=O) groups excluding carboxylic acids is 2. The van der Waals surface area contributed by atoms with E-state index in [1.54, 1.807) is 0 Å². The molecular weight excluding hydrogens is 333 g/mol. The number of hydrogen-bond acceptors (Lipinski definition) is 2. The quantitative estimate of drug-likeness (QED) is 0.920. The topological polar surface area (TPSA) is 54.3 Å². The van der Waals surface area contributed by atoms with E-state index in [0.29, 0.717) is 11.3 Å². The highest BCUT2D eigenvalue weighted by Gasteiger charge is 2.44. The molecule has 1 N–H and O–H groups in total. The normalized spacial score (nSPS) is 24.5. The van der Waals surface area contributed by atoms with Gasteiger partial charge in [-0.1, -0.05) is 0 Å². The van der Waals surface area contributed by atoms with Crippen molar-refractivity contribution in [3.63, 3.8) is 0 Å². The molecule has 4 rings (SSSR count). The highest BCUT2D eigenvalue weighted by Crippen LogP contribution is 2.37. The zero-order chi connectivity index (χ0) is 18.3. The van der Waals surface area contributed by atoms with E-state index in [-0.39, 0.29) is 35.8 Å². The van der Waals surface area contributed by atoms with Gasteiger partial charge in [0.2, 0.25) is 0 Å². The SMILES string of the molecule is Cn1cccc1C(=O)N1[C@@H]2CC[C@H]1CC(NC(=O)c1ccc(F)cc1)C2. The van der Waals surface area contributed by atoms with Crippen LogP contribution >= 0.6 is 0 Å². The predicted molar refractivity (Wildman–Crippen MR) is 95.3 cm³/mol. The van der Waals surface area contributed by atoms with Crippen molar-refractivity contribution in [2.75, 3.05) is 0 Å². The number of hydrogen-bond donors (Lipinski definition) is 1. The van der Waals surface area contributed by atoms with Crippen LogP contribution in [0.3, 0.4) is 0 Å². The Morgan fingerprint density at radius 2 is 1.73 bits per heavy atom. The Balaban J connectivity index is 1.43. The second-order valence-corrected chi connectivity index (χ2v) is 7.25. The van der Waals surface area contributed by atoms with Crippen molar-refractivity contribution in [1.82, 2.24) is 14.8 Å². The predicted octanol–water partition coefficient (Wildman–Crippen LogP) is 2.73. The lowest BCUT2D eigenvalue weighted by Crippen LogP contribution is -2.52. The molecule has 2 aromatic rings. The number of benzene rings is 1. The molecule has 1 aromatic carbocycles. The summed E-state index contributed by atoms with van der Waals surface area (Å²) < 4.78 is 14.9. The lowest BCUT2D eigenvalue weighted by Gasteiger charge is -2.39. The Morgan fingerprint density at radius 3 is 2.31 bits per heavy atom. The van der Waals surface area contributed by atoms with Crippen LogP contribution in [0.5, 0.6) is 0 Å². The van der Waals surface area contributed by atoms with Gasteiger partial charge < -0.3 is 14.8 Å². The zero-order valence-electron chi connectivity index (χ0n) is 14.7. The minimum absolute atomic E-state index is 0.0440. The second kappa shape index (κ2) is 6.59. The van der Waals surface area contributed by atoms with Gasteiger partial charge in [-0.15, -0.1) is 0 Å². The van der Waals surface area contributed by atoms with Crippen LogP contribution in [0.4, 0.5) is 4.39 Å². The number of aromatic nitrogens is 1. The second-order valence-electron chi connectivity index (χ2n) is 7.25. The van der Waals surface area contributed by atoms with E-state index in [1.165, 1.54) is 24.3 Å². The molecule has 26 heavy (non-hydrogen) atoms. The maximum Gasteiger partial charge on any atom is 0.270 e. The van der Waals surface area contributed by atoms with Crippen LogP contribution in [-0.2, 0) is 7.05 Å². The third kappa shape index (κ3) is 3.00. The molecule has 0 spiro atoms. The fourth-order valence-electron chi connectivity index (χ4n) is 4.31. The van der Waals surface area contributed by atoms with Crippen molar-refractivity contribution in [2.24, 2.45) is 7.05 Å². The first-order valence-electron chi connectivity index (χ1n) is 9.03. The van der Waals surface area contributed by atoms with Crippen LogP contribution in [-0.4, -0.2) is 39.4 Å². The van der Waals surface area contributed by atoms with Gasteiger partial charge in [-0.2, -0.15) is 0 Å². The molecule has 2 amide bonds. The fraction of sp³-hybridized carbons (Fsp3) is 0.400. The molecule has 2 fully saturated rings. The van der Waals surface area contributed by atoms with Crippen molar-refractivity contribution in [2.45, 2.75) is 43.8 Å². The van der Waals surface area contributed by atoms with E-state index in [9.17, 15) is 14.0 Å². The number of fused-ring (bicyclic) bond motifs is 2. The number of piperidine rings is 1. The lowest BCUT2D eigenvalue weighted by molar-refractivity contribution is 0.0540. The molecule has 2 bridgehead atoms. The van der Waals surface area contributed by atoms with Gasteiger partial charge in [-0.25, -0.2) is 4.39 Å². The van der Waals surface area contributed by atoms with E-state index in [2.05, 4.69) is 5.32 Å². The summed E-state index contributed by atoms with van der Waals surface area (Å²) in [6, 6.07) is 9.67. The van der Waals surface area contributed by atoms with E-state index in [0.717, 1.165) is 25.7 Å². The molecule has 0 saturated carbocycles. The summed E-state index contributed by atoms with van der Waals surface area (Å²) in [6.45, 7) is 0. The summed E-state index contributed by atoms with van der Waals surface area (Å²) in [5.74, 6) is -0.461. The van der Waals surface area contributed by atoms with Crippen molar-refractivity contribution in [3.05, 3.63) is 59.7 Å². The molecule has 1 aromatic heterocycles. The standard InChI is InChI=1S/C20H22FN3O2/c1-23-10-2-3-18(23)20(26)24-16-8-9-17(24)12-15(11-16)22-19(25)13-4-6-14(21)7-5-13/h2-7,10,15-17H,8-9,11-12H2,1H3,(H,22,25)/t15?,16-,17+. The van der Waals surface area contributed by atoms with Gasteiger partial charge in [-0.3, -0.25) is 9.59 Å². The molecule has 0 aliphatic carbocycles. The number of halogens is 1. The maximum atomic E-state index is 13.0. The Kier molecular flexibility index (Phi) is 4.26. The van der Waals surface area contributed by atoms with Gasteiger partial charge in [0.1, 0.15) is 11.5 Å². The first kappa shape index (κ1) is 16.8. The largest absolute Gasteiger partial charge is 0.349 e. The van der Waals surface area contributed by atoms with Crippen molar-refractivity contribution in [1.29, 1.82) is 0 Å². The van der Waals surface area contributed by atoms with Crippen LogP contribution < -0.4 is 5.32 Å². The number of nitrogens with zero attached hydrogens (tertiary/aromatic N) is 2. The smallest absolute Gasteiger partial charge is 0.270 e. The van der Waals surface area contributed by atoms with Crippen LogP contribution in [0.1, 0.15) is 46.5 Å². The minimum atomic E-state index is -0.355. The monoisotopic (exact) mass is 355 g/mol. The molecule has 5 nitrogen and oxygen atoms in total.